The van der Waals surface area contributed by atoms with Crippen LogP contribution in [-0.2, 0) is 0 Å². The molecule has 2 aliphatic rings. The number of nitrogens with one attached hydrogen (secondary N) is 1. The second-order valence-electron chi connectivity index (χ2n) is 5.89. The maximum atomic E-state index is 10.7. The van der Waals surface area contributed by atoms with Gasteiger partial charge in [0.2, 0.25) is 0 Å². The van der Waals surface area contributed by atoms with Crippen molar-refractivity contribution < 1.29 is 5.11 Å². The molecule has 0 amide bonds. The molecule has 1 heterocycles. The average Bonchev–Trinajstić information content (AvgIpc) is 2.38. The highest BCUT2D eigenvalue weighted by Crippen LogP contribution is 2.46. The lowest BCUT2D eigenvalue weighted by molar-refractivity contribution is -0.00686. The lowest BCUT2D eigenvalue weighted by atomic mass is 9.64. The standard InChI is InChI=1S/C15H24ClNO/c1-11(2)14(18)15(6-8-17-9-7-15)12-4-3-5-13(16)10-12/h5,10-11,14,17-18H,3-4,6-9H2,1-2H3. The molecule has 2 rings (SSSR count). The van der Waals surface area contributed by atoms with E-state index in [4.69, 9.17) is 11.6 Å². The fourth-order valence-electron chi connectivity index (χ4n) is 3.37. The molecule has 0 aromatic heterocycles. The molecule has 1 aliphatic carbocycles. The quantitative estimate of drug-likeness (QED) is 0.825. The van der Waals surface area contributed by atoms with Gasteiger partial charge in [-0.15, -0.1) is 0 Å². The first-order valence-electron chi connectivity index (χ1n) is 7.02. The van der Waals surface area contributed by atoms with Crippen molar-refractivity contribution >= 4 is 11.6 Å². The smallest absolute Gasteiger partial charge is 0.0657 e. The van der Waals surface area contributed by atoms with Crippen LogP contribution in [0, 0.1) is 11.3 Å². The molecule has 0 aromatic carbocycles. The summed E-state index contributed by atoms with van der Waals surface area (Å²) in [6.07, 6.45) is 7.98. The number of hydrogen-bond donors (Lipinski definition) is 2. The van der Waals surface area contributed by atoms with Crippen molar-refractivity contribution in [1.82, 2.24) is 5.32 Å². The Bertz CT molecular complexity index is 354. The largest absolute Gasteiger partial charge is 0.392 e. The van der Waals surface area contributed by atoms with Crippen molar-refractivity contribution in [3.05, 3.63) is 22.8 Å². The zero-order valence-corrected chi connectivity index (χ0v) is 12.1. The number of hydrogen-bond acceptors (Lipinski definition) is 2. The van der Waals surface area contributed by atoms with E-state index < -0.39 is 0 Å². The maximum Gasteiger partial charge on any atom is 0.0657 e. The predicted octanol–water partition coefficient (Wildman–Crippen LogP) is 3.22. The third kappa shape index (κ3) is 2.66. The van der Waals surface area contributed by atoms with Crippen LogP contribution in [-0.4, -0.2) is 24.3 Å². The Balaban J connectivity index is 2.32. The Kier molecular flexibility index (Phi) is 4.52. The van der Waals surface area contributed by atoms with Crippen LogP contribution in [0.4, 0.5) is 0 Å². The first-order valence-corrected chi connectivity index (χ1v) is 7.39. The predicted molar refractivity (Wildman–Crippen MR) is 76.6 cm³/mol. The van der Waals surface area contributed by atoms with Gasteiger partial charge in [0.1, 0.15) is 0 Å². The normalized spacial score (nSPS) is 25.6. The molecular formula is C15H24ClNO. The second-order valence-corrected chi connectivity index (χ2v) is 6.33. The zero-order chi connectivity index (χ0) is 13.2. The molecule has 1 saturated heterocycles. The van der Waals surface area contributed by atoms with Crippen molar-refractivity contribution in [2.75, 3.05) is 13.1 Å². The summed E-state index contributed by atoms with van der Waals surface area (Å²) in [6, 6.07) is 0. The van der Waals surface area contributed by atoms with E-state index in [2.05, 4.69) is 31.3 Å². The molecule has 1 fully saturated rings. The van der Waals surface area contributed by atoms with Gasteiger partial charge in [-0.2, -0.15) is 0 Å². The summed E-state index contributed by atoms with van der Waals surface area (Å²) in [6.45, 7) is 6.19. The molecule has 3 heteroatoms. The van der Waals surface area contributed by atoms with E-state index in [9.17, 15) is 5.11 Å². The molecule has 0 saturated carbocycles. The Labute approximate surface area is 115 Å². The SMILES string of the molecule is CC(C)C(O)C1(C2=CC(Cl)=CCC2)CCNCC1. The number of piperidine rings is 1. The van der Waals surface area contributed by atoms with Gasteiger partial charge >= 0.3 is 0 Å². The molecule has 102 valence electrons. The molecule has 0 radical (unpaired) electrons. The van der Waals surface area contributed by atoms with Gasteiger partial charge in [-0.25, -0.2) is 0 Å². The summed E-state index contributed by atoms with van der Waals surface area (Å²) in [7, 11) is 0. The fourth-order valence-corrected chi connectivity index (χ4v) is 3.61. The molecule has 1 aliphatic heterocycles. The molecule has 1 atom stereocenters. The van der Waals surface area contributed by atoms with Crippen LogP contribution in [0.25, 0.3) is 0 Å². The monoisotopic (exact) mass is 269 g/mol. The van der Waals surface area contributed by atoms with Crippen molar-refractivity contribution in [1.29, 1.82) is 0 Å². The minimum absolute atomic E-state index is 0.0617. The highest BCUT2D eigenvalue weighted by molar-refractivity contribution is 6.31. The van der Waals surface area contributed by atoms with Gasteiger partial charge in [0.05, 0.1) is 6.10 Å². The Hall–Kier alpha value is -0.310. The van der Waals surface area contributed by atoms with Gasteiger partial charge in [-0.05, 0) is 50.8 Å². The van der Waals surface area contributed by atoms with Crippen LogP contribution in [0.1, 0.15) is 39.5 Å². The molecule has 2 N–H and O–H groups in total. The minimum Gasteiger partial charge on any atom is -0.392 e. The van der Waals surface area contributed by atoms with Crippen molar-refractivity contribution in [3.8, 4) is 0 Å². The van der Waals surface area contributed by atoms with E-state index in [1.807, 2.05) is 0 Å². The molecule has 0 spiro atoms. The zero-order valence-electron chi connectivity index (χ0n) is 11.4. The molecule has 18 heavy (non-hydrogen) atoms. The van der Waals surface area contributed by atoms with Crippen molar-refractivity contribution in [3.63, 3.8) is 0 Å². The number of rotatable bonds is 3. The number of aliphatic hydroxyl groups is 1. The third-order valence-corrected chi connectivity index (χ3v) is 4.66. The molecule has 1 unspecified atom stereocenters. The topological polar surface area (TPSA) is 32.3 Å². The summed E-state index contributed by atoms with van der Waals surface area (Å²) in [5.41, 5.74) is 1.30. The van der Waals surface area contributed by atoms with Gasteiger partial charge in [0, 0.05) is 10.4 Å². The van der Waals surface area contributed by atoms with Gasteiger partial charge < -0.3 is 10.4 Å². The average molecular weight is 270 g/mol. The molecule has 0 aromatic rings. The summed E-state index contributed by atoms with van der Waals surface area (Å²) < 4.78 is 0. The van der Waals surface area contributed by atoms with Crippen LogP contribution < -0.4 is 5.32 Å². The Morgan fingerprint density at radius 1 is 1.33 bits per heavy atom. The highest BCUT2D eigenvalue weighted by atomic mass is 35.5. The van der Waals surface area contributed by atoms with E-state index in [0.29, 0.717) is 0 Å². The Morgan fingerprint density at radius 3 is 2.56 bits per heavy atom. The summed E-state index contributed by atoms with van der Waals surface area (Å²) in [4.78, 5) is 0. The van der Waals surface area contributed by atoms with Crippen LogP contribution in [0.3, 0.4) is 0 Å². The van der Waals surface area contributed by atoms with Crippen LogP contribution in [0.5, 0.6) is 0 Å². The summed E-state index contributed by atoms with van der Waals surface area (Å²) in [5.74, 6) is 0.286. The van der Waals surface area contributed by atoms with E-state index in [1.54, 1.807) is 0 Å². The second kappa shape index (κ2) is 5.77. The molecule has 2 nitrogen and oxygen atoms in total. The molecule has 0 bridgehead atoms. The van der Waals surface area contributed by atoms with Crippen LogP contribution in [0.15, 0.2) is 22.8 Å². The molecular weight excluding hydrogens is 246 g/mol. The summed E-state index contributed by atoms with van der Waals surface area (Å²) in [5, 5.41) is 14.9. The number of allylic oxidation sites excluding steroid dienone is 3. The van der Waals surface area contributed by atoms with Gasteiger partial charge in [-0.1, -0.05) is 37.1 Å². The van der Waals surface area contributed by atoms with E-state index in [0.717, 1.165) is 43.8 Å². The lowest BCUT2D eigenvalue weighted by Crippen LogP contribution is -2.48. The number of aliphatic hydroxyl groups excluding tert-OH is 1. The summed E-state index contributed by atoms with van der Waals surface area (Å²) >= 11 is 6.16. The van der Waals surface area contributed by atoms with Crippen LogP contribution in [0.2, 0.25) is 0 Å². The first-order chi connectivity index (χ1) is 8.56. The number of halogens is 1. The fraction of sp³-hybridized carbons (Fsp3) is 0.733. The minimum atomic E-state index is -0.270. The Morgan fingerprint density at radius 2 is 2.00 bits per heavy atom. The van der Waals surface area contributed by atoms with Gasteiger partial charge in [0.25, 0.3) is 0 Å². The van der Waals surface area contributed by atoms with Crippen LogP contribution >= 0.6 is 11.6 Å². The highest BCUT2D eigenvalue weighted by Gasteiger charge is 2.43. The lowest BCUT2D eigenvalue weighted by Gasteiger charge is -2.45. The van der Waals surface area contributed by atoms with Gasteiger partial charge in [0.15, 0.2) is 0 Å². The third-order valence-electron chi connectivity index (χ3n) is 4.40. The van der Waals surface area contributed by atoms with E-state index in [1.165, 1.54) is 5.57 Å². The van der Waals surface area contributed by atoms with Crippen molar-refractivity contribution in [2.45, 2.75) is 45.6 Å². The maximum absolute atomic E-state index is 10.7. The first kappa shape index (κ1) is 14.1. The van der Waals surface area contributed by atoms with Gasteiger partial charge in [-0.3, -0.25) is 0 Å². The van der Waals surface area contributed by atoms with E-state index >= 15 is 0 Å². The van der Waals surface area contributed by atoms with Crippen molar-refractivity contribution in [2.24, 2.45) is 11.3 Å². The van der Waals surface area contributed by atoms with E-state index in [-0.39, 0.29) is 17.4 Å².